The van der Waals surface area contributed by atoms with Gasteiger partial charge in [-0.2, -0.15) is 0 Å². The number of hydrogen-bond acceptors (Lipinski definition) is 7. The Morgan fingerprint density at radius 2 is 2.00 bits per heavy atom. The van der Waals surface area contributed by atoms with Gasteiger partial charge in [0.1, 0.15) is 24.6 Å². The van der Waals surface area contributed by atoms with E-state index in [1.165, 1.54) is 6.42 Å². The number of carbonyl (C=O) groups is 2. The third-order valence-corrected chi connectivity index (χ3v) is 9.73. The van der Waals surface area contributed by atoms with Gasteiger partial charge in [-0.3, -0.25) is 9.59 Å². The molecule has 2 aliphatic carbocycles. The standard InChI is InChI=1S/C32H47IN2O7/c1-20(2)24-11-10-21(3)15-28(24)41-19-30(37)35(18-23-7-6-14-40-23)26-16-22(32(39)34-12-13-36)17-29(31(26)38)42-27-9-5-4-8-25(27)33/h4-5,8-9,17,20-21,23-24,26,28-29,31,36,38H,6-7,10-16,18-19H2,1-3H3,(H,34,39). The number of rotatable bonds is 12. The minimum absolute atomic E-state index is 0.00881. The fourth-order valence-electron chi connectivity index (χ4n) is 6.46. The molecule has 0 bridgehead atoms. The van der Waals surface area contributed by atoms with Crippen LogP contribution in [-0.4, -0.2) is 90.3 Å². The summed E-state index contributed by atoms with van der Waals surface area (Å²) < 4.78 is 19.4. The quantitative estimate of drug-likeness (QED) is 0.285. The normalized spacial score (nSPS) is 29.7. The highest BCUT2D eigenvalue weighted by molar-refractivity contribution is 14.1. The minimum atomic E-state index is -1.08. The lowest BCUT2D eigenvalue weighted by Gasteiger charge is -2.42. The lowest BCUT2D eigenvalue weighted by molar-refractivity contribution is -0.150. The van der Waals surface area contributed by atoms with Crippen LogP contribution in [0.2, 0.25) is 0 Å². The van der Waals surface area contributed by atoms with Crippen LogP contribution < -0.4 is 10.1 Å². The summed E-state index contributed by atoms with van der Waals surface area (Å²) >= 11 is 2.17. The molecule has 7 atom stereocenters. The highest BCUT2D eigenvalue weighted by atomic mass is 127. The molecule has 1 heterocycles. The van der Waals surface area contributed by atoms with E-state index < -0.39 is 18.2 Å². The van der Waals surface area contributed by atoms with E-state index in [2.05, 4.69) is 48.7 Å². The van der Waals surface area contributed by atoms with E-state index in [0.717, 1.165) is 29.3 Å². The van der Waals surface area contributed by atoms with Crippen LogP contribution in [0.1, 0.15) is 59.3 Å². The molecule has 9 nitrogen and oxygen atoms in total. The Kier molecular flexibility index (Phi) is 12.5. The molecule has 3 aliphatic rings. The fraction of sp³-hybridized carbons (Fsp3) is 0.688. The number of aliphatic hydroxyl groups is 2. The van der Waals surface area contributed by atoms with E-state index in [1.807, 2.05) is 24.3 Å². The predicted molar refractivity (Wildman–Crippen MR) is 168 cm³/mol. The highest BCUT2D eigenvalue weighted by Crippen LogP contribution is 2.36. The Balaban J connectivity index is 1.58. The number of carbonyl (C=O) groups excluding carboxylic acids is 2. The van der Waals surface area contributed by atoms with E-state index in [-0.39, 0.29) is 50.2 Å². The second-order valence-corrected chi connectivity index (χ2v) is 13.5. The second-order valence-electron chi connectivity index (χ2n) is 12.3. The van der Waals surface area contributed by atoms with Crippen LogP contribution in [0.5, 0.6) is 5.75 Å². The van der Waals surface area contributed by atoms with Crippen molar-refractivity contribution in [2.45, 2.75) is 89.8 Å². The summed E-state index contributed by atoms with van der Waals surface area (Å²) in [4.78, 5) is 28.7. The van der Waals surface area contributed by atoms with Gasteiger partial charge >= 0.3 is 0 Å². The van der Waals surface area contributed by atoms with Crippen LogP contribution in [0.15, 0.2) is 35.9 Å². The molecule has 1 saturated heterocycles. The van der Waals surface area contributed by atoms with Crippen LogP contribution in [0, 0.1) is 21.3 Å². The van der Waals surface area contributed by atoms with Gasteiger partial charge < -0.3 is 34.6 Å². The third-order valence-electron chi connectivity index (χ3n) is 8.84. The molecule has 3 N–H and O–H groups in total. The molecule has 1 aromatic carbocycles. The summed E-state index contributed by atoms with van der Waals surface area (Å²) in [5, 5.41) is 23.7. The number of para-hydroxylation sites is 1. The van der Waals surface area contributed by atoms with Crippen molar-refractivity contribution in [3.05, 3.63) is 39.5 Å². The van der Waals surface area contributed by atoms with Crippen LogP contribution in [-0.2, 0) is 19.1 Å². The van der Waals surface area contributed by atoms with Crippen molar-refractivity contribution in [1.29, 1.82) is 0 Å². The van der Waals surface area contributed by atoms with E-state index in [4.69, 9.17) is 14.2 Å². The summed E-state index contributed by atoms with van der Waals surface area (Å²) in [5.74, 6) is 1.42. The van der Waals surface area contributed by atoms with Crippen molar-refractivity contribution in [3.8, 4) is 5.75 Å². The average Bonchev–Trinajstić information content (AvgIpc) is 3.49. The summed E-state index contributed by atoms with van der Waals surface area (Å²) in [6.45, 7) is 7.43. The number of benzene rings is 1. The maximum absolute atomic E-state index is 14.0. The molecule has 1 aliphatic heterocycles. The van der Waals surface area contributed by atoms with Crippen molar-refractivity contribution >= 4 is 34.4 Å². The van der Waals surface area contributed by atoms with Gasteiger partial charge in [0.2, 0.25) is 11.8 Å². The maximum Gasteiger partial charge on any atom is 0.249 e. The van der Waals surface area contributed by atoms with Crippen LogP contribution in [0.4, 0.5) is 0 Å². The molecule has 4 rings (SSSR count). The Hall–Kier alpha value is -1.73. The Labute approximate surface area is 263 Å². The fourth-order valence-corrected chi connectivity index (χ4v) is 6.98. The van der Waals surface area contributed by atoms with Gasteiger partial charge in [-0.05, 0) is 84.2 Å². The maximum atomic E-state index is 14.0. The van der Waals surface area contributed by atoms with Gasteiger partial charge in [-0.1, -0.05) is 39.3 Å². The van der Waals surface area contributed by atoms with E-state index in [0.29, 0.717) is 42.2 Å². The summed E-state index contributed by atoms with van der Waals surface area (Å²) in [6, 6.07) is 6.75. The van der Waals surface area contributed by atoms with E-state index in [9.17, 15) is 19.8 Å². The summed E-state index contributed by atoms with van der Waals surface area (Å²) in [5.41, 5.74) is 0.404. The largest absolute Gasteiger partial charge is 0.482 e. The van der Waals surface area contributed by atoms with Gasteiger partial charge in [0.05, 0.1) is 28.4 Å². The van der Waals surface area contributed by atoms with Gasteiger partial charge in [-0.15, -0.1) is 0 Å². The SMILES string of the molecule is CC1CCC(C(C)C)C(OCC(=O)N(CC2CCCO2)C2CC(C(=O)NCCO)=CC(Oc3ccccc3I)C2O)C1. The van der Waals surface area contributed by atoms with Crippen molar-refractivity contribution in [2.24, 2.45) is 17.8 Å². The van der Waals surface area contributed by atoms with Crippen molar-refractivity contribution in [3.63, 3.8) is 0 Å². The van der Waals surface area contributed by atoms with Crippen LogP contribution in [0.25, 0.3) is 0 Å². The number of aliphatic hydroxyl groups excluding tert-OH is 2. The smallest absolute Gasteiger partial charge is 0.249 e. The molecule has 0 radical (unpaired) electrons. The monoisotopic (exact) mass is 698 g/mol. The molecule has 42 heavy (non-hydrogen) atoms. The van der Waals surface area contributed by atoms with Gasteiger partial charge in [0, 0.05) is 31.7 Å². The lowest BCUT2D eigenvalue weighted by Crippen LogP contribution is -2.57. The number of hydrogen-bond donors (Lipinski definition) is 3. The first-order chi connectivity index (χ1) is 20.2. The third kappa shape index (κ3) is 8.68. The Morgan fingerprint density at radius 3 is 2.69 bits per heavy atom. The van der Waals surface area contributed by atoms with E-state index in [1.54, 1.807) is 11.0 Å². The first-order valence-electron chi connectivity index (χ1n) is 15.4. The number of halogens is 1. The molecule has 7 unspecified atom stereocenters. The number of ether oxygens (including phenoxy) is 3. The Morgan fingerprint density at radius 1 is 1.21 bits per heavy atom. The predicted octanol–water partition coefficient (Wildman–Crippen LogP) is 3.69. The van der Waals surface area contributed by atoms with Crippen LogP contribution >= 0.6 is 22.6 Å². The molecule has 2 amide bonds. The van der Waals surface area contributed by atoms with Gasteiger partial charge in [0.15, 0.2) is 0 Å². The molecule has 0 aromatic heterocycles. The van der Waals surface area contributed by atoms with Crippen LogP contribution in [0.3, 0.4) is 0 Å². The molecule has 10 heteroatoms. The second kappa shape index (κ2) is 15.8. The van der Waals surface area contributed by atoms with Gasteiger partial charge in [0.25, 0.3) is 0 Å². The molecule has 1 aromatic rings. The molecular weight excluding hydrogens is 651 g/mol. The molecule has 234 valence electrons. The number of nitrogens with zero attached hydrogens (tertiary/aromatic N) is 1. The van der Waals surface area contributed by atoms with Crippen molar-refractivity contribution < 1.29 is 34.0 Å². The summed E-state index contributed by atoms with van der Waals surface area (Å²) in [6.07, 6.45) is 4.63. The zero-order valence-electron chi connectivity index (χ0n) is 25.0. The number of amides is 2. The zero-order valence-corrected chi connectivity index (χ0v) is 27.2. The summed E-state index contributed by atoms with van der Waals surface area (Å²) in [7, 11) is 0. The number of nitrogens with one attached hydrogen (secondary N) is 1. The Bertz CT molecular complexity index is 1080. The minimum Gasteiger partial charge on any atom is -0.482 e. The molecular formula is C32H47IN2O7. The van der Waals surface area contributed by atoms with Gasteiger partial charge in [-0.25, -0.2) is 0 Å². The first kappa shape index (κ1) is 33.2. The molecule has 1 saturated carbocycles. The topological polar surface area (TPSA) is 118 Å². The highest BCUT2D eigenvalue weighted by Gasteiger charge is 2.42. The lowest BCUT2D eigenvalue weighted by atomic mass is 9.75. The molecule has 2 fully saturated rings. The zero-order chi connectivity index (χ0) is 30.2. The first-order valence-corrected chi connectivity index (χ1v) is 16.5. The van der Waals surface area contributed by atoms with Crippen molar-refractivity contribution in [2.75, 3.05) is 32.9 Å². The van der Waals surface area contributed by atoms with E-state index >= 15 is 0 Å². The van der Waals surface area contributed by atoms with Crippen molar-refractivity contribution in [1.82, 2.24) is 10.2 Å². The average molecular weight is 699 g/mol. The molecule has 0 spiro atoms.